The molecule has 0 saturated heterocycles. The predicted molar refractivity (Wildman–Crippen MR) is 210 cm³/mol. The van der Waals surface area contributed by atoms with Crippen LogP contribution in [0.2, 0.25) is 0 Å². The first-order chi connectivity index (χ1) is 26.7. The van der Waals surface area contributed by atoms with Crippen molar-refractivity contribution in [3.8, 4) is 5.75 Å². The van der Waals surface area contributed by atoms with Crippen LogP contribution in [0.5, 0.6) is 5.75 Å². The molecule has 4 rings (SSSR count). The molecule has 2 bridgehead atoms. The summed E-state index contributed by atoms with van der Waals surface area (Å²) in [6.45, 7) is 5.64. The van der Waals surface area contributed by atoms with Crippen LogP contribution >= 0.6 is 0 Å². The summed E-state index contributed by atoms with van der Waals surface area (Å²) in [5.41, 5.74) is 1.20. The van der Waals surface area contributed by atoms with E-state index in [0.29, 0.717) is 36.1 Å². The van der Waals surface area contributed by atoms with Crippen LogP contribution in [0.3, 0.4) is 0 Å². The smallest absolute Gasteiger partial charge is 0.257 e. The SMILES string of the molecule is CC(C)C[C@H]1NC(=O)Cc2cccc(c2)OCC(=O)NCCCN(C(=O)c2ccccc2S(=O)(=O)Cc2ccccc2)CCCCNC(=O)[C@H]([C@@H](C)O)NC1=O. The molecule has 0 radical (unpaired) electrons. The summed E-state index contributed by atoms with van der Waals surface area (Å²) >= 11 is 0. The predicted octanol–water partition coefficient (Wildman–Crippen LogP) is 2.54. The lowest BCUT2D eigenvalue weighted by Crippen LogP contribution is -2.57. The molecular formula is C41H53N5O9S. The number of nitrogens with zero attached hydrogens (tertiary/aromatic N) is 1. The highest BCUT2D eigenvalue weighted by atomic mass is 32.2. The van der Waals surface area contributed by atoms with E-state index < -0.39 is 57.6 Å². The van der Waals surface area contributed by atoms with Crippen LogP contribution < -0.4 is 26.0 Å². The second-order valence-corrected chi connectivity index (χ2v) is 16.3. The Morgan fingerprint density at radius 2 is 1.52 bits per heavy atom. The van der Waals surface area contributed by atoms with E-state index in [1.807, 2.05) is 13.8 Å². The van der Waals surface area contributed by atoms with Crippen molar-refractivity contribution in [3.63, 3.8) is 0 Å². The number of hydrogen-bond acceptors (Lipinski definition) is 9. The van der Waals surface area contributed by atoms with Gasteiger partial charge in [0, 0.05) is 26.2 Å². The van der Waals surface area contributed by atoms with Gasteiger partial charge in [-0.1, -0.05) is 68.4 Å². The third kappa shape index (κ3) is 13.5. The number of nitrogens with one attached hydrogen (secondary N) is 4. The molecule has 14 nitrogen and oxygen atoms in total. The van der Waals surface area contributed by atoms with Crippen molar-refractivity contribution in [3.05, 3.63) is 95.6 Å². The molecule has 5 N–H and O–H groups in total. The summed E-state index contributed by atoms with van der Waals surface area (Å²) in [4.78, 5) is 67.9. The Balaban J connectivity index is 1.54. The third-order valence-electron chi connectivity index (χ3n) is 9.07. The van der Waals surface area contributed by atoms with Crippen LogP contribution in [0.1, 0.15) is 67.9 Å². The van der Waals surface area contributed by atoms with Crippen molar-refractivity contribution in [1.82, 2.24) is 26.2 Å². The lowest BCUT2D eigenvalue weighted by Gasteiger charge is -2.26. The molecule has 0 aromatic heterocycles. The van der Waals surface area contributed by atoms with Gasteiger partial charge >= 0.3 is 0 Å². The van der Waals surface area contributed by atoms with Gasteiger partial charge in [0.1, 0.15) is 17.8 Å². The Labute approximate surface area is 328 Å². The molecule has 5 amide bonds. The monoisotopic (exact) mass is 791 g/mol. The molecule has 0 fully saturated rings. The minimum absolute atomic E-state index is 0.0122. The molecule has 15 heteroatoms. The minimum Gasteiger partial charge on any atom is -0.484 e. The van der Waals surface area contributed by atoms with Gasteiger partial charge in [-0.15, -0.1) is 0 Å². The van der Waals surface area contributed by atoms with Crippen LogP contribution in [0.15, 0.2) is 83.8 Å². The number of amides is 5. The van der Waals surface area contributed by atoms with Gasteiger partial charge < -0.3 is 36.0 Å². The molecule has 1 aliphatic heterocycles. The van der Waals surface area contributed by atoms with E-state index >= 15 is 0 Å². The largest absolute Gasteiger partial charge is 0.484 e. The number of ether oxygens (including phenoxy) is 1. The van der Waals surface area contributed by atoms with Crippen molar-refractivity contribution in [2.75, 3.05) is 32.8 Å². The lowest BCUT2D eigenvalue weighted by atomic mass is 10.0. The van der Waals surface area contributed by atoms with E-state index in [4.69, 9.17) is 4.74 Å². The zero-order valence-corrected chi connectivity index (χ0v) is 33.0. The highest BCUT2D eigenvalue weighted by Gasteiger charge is 2.30. The summed E-state index contributed by atoms with van der Waals surface area (Å²) in [7, 11) is -3.90. The van der Waals surface area contributed by atoms with Gasteiger partial charge in [-0.25, -0.2) is 8.42 Å². The van der Waals surface area contributed by atoms with Crippen LogP contribution in [-0.4, -0.2) is 98.9 Å². The molecule has 0 aliphatic carbocycles. The molecule has 3 aromatic carbocycles. The van der Waals surface area contributed by atoms with Crippen molar-refractivity contribution in [1.29, 1.82) is 0 Å². The Morgan fingerprint density at radius 1 is 0.821 bits per heavy atom. The first-order valence-electron chi connectivity index (χ1n) is 18.9. The fourth-order valence-electron chi connectivity index (χ4n) is 6.26. The maximum absolute atomic E-state index is 14.1. The van der Waals surface area contributed by atoms with E-state index in [2.05, 4.69) is 21.3 Å². The third-order valence-corrected chi connectivity index (χ3v) is 10.8. The molecule has 3 atom stereocenters. The second-order valence-electron chi connectivity index (χ2n) is 14.3. The Morgan fingerprint density at radius 3 is 2.25 bits per heavy atom. The number of hydrogen-bond donors (Lipinski definition) is 5. The second kappa shape index (κ2) is 21.1. The molecule has 3 aromatic rings. The van der Waals surface area contributed by atoms with Gasteiger partial charge in [0.2, 0.25) is 17.7 Å². The van der Waals surface area contributed by atoms with Gasteiger partial charge in [-0.05, 0) is 73.9 Å². The van der Waals surface area contributed by atoms with Crippen molar-refractivity contribution in [2.45, 2.75) is 81.7 Å². The average Bonchev–Trinajstić information content (AvgIpc) is 3.15. The zero-order valence-electron chi connectivity index (χ0n) is 32.2. The maximum atomic E-state index is 14.1. The summed E-state index contributed by atoms with van der Waals surface area (Å²) in [5.74, 6) is -2.46. The number of aliphatic hydroxyl groups is 1. The average molecular weight is 792 g/mol. The molecule has 302 valence electrons. The zero-order chi connectivity index (χ0) is 40.7. The highest BCUT2D eigenvalue weighted by molar-refractivity contribution is 7.90. The number of aliphatic hydroxyl groups excluding tert-OH is 1. The normalized spacial score (nSPS) is 19.3. The number of carbonyl (C=O) groups excluding carboxylic acids is 5. The molecule has 0 spiro atoms. The van der Waals surface area contributed by atoms with E-state index in [1.54, 1.807) is 66.7 Å². The van der Waals surface area contributed by atoms with E-state index in [9.17, 15) is 37.5 Å². The van der Waals surface area contributed by atoms with Crippen LogP contribution in [-0.2, 0) is 41.2 Å². The summed E-state index contributed by atoms with van der Waals surface area (Å²) < 4.78 is 32.9. The lowest BCUT2D eigenvalue weighted by molar-refractivity contribution is -0.134. The van der Waals surface area contributed by atoms with E-state index in [-0.39, 0.29) is 67.8 Å². The van der Waals surface area contributed by atoms with E-state index in [0.717, 1.165) is 0 Å². The summed E-state index contributed by atoms with van der Waals surface area (Å²) in [6, 6.07) is 19.2. The number of fused-ring (bicyclic) bond motifs is 2. The summed E-state index contributed by atoms with van der Waals surface area (Å²) in [5, 5.41) is 21.3. The standard InChI is InChI=1S/C41H53N5O9S/c1-28(2)23-34-39(50)45-38(29(3)47)40(51)43-19-9-10-21-46(22-12-20-42-37(49)26-55-32-16-11-15-31(24-32)25-36(48)44-34)41(52)33-17-7-8-18-35(33)56(53,54)27-30-13-5-4-6-14-30/h4-8,11,13-18,24,28-29,34,38,47H,9-10,12,19-23,25-27H2,1-3H3,(H,42,49)(H,43,51)(H,44,48)(H,45,50)/t29-,34-,38+/m1/s1. The Kier molecular flexibility index (Phi) is 16.4. The van der Waals surface area contributed by atoms with Crippen LogP contribution in [0.25, 0.3) is 0 Å². The van der Waals surface area contributed by atoms with Gasteiger partial charge in [0.25, 0.3) is 11.8 Å². The molecule has 0 unspecified atom stereocenters. The molecule has 0 saturated carbocycles. The first-order valence-corrected chi connectivity index (χ1v) is 20.6. The quantitative estimate of drug-likeness (QED) is 0.239. The van der Waals surface area contributed by atoms with Crippen molar-refractivity contribution < 1.29 is 42.2 Å². The summed E-state index contributed by atoms with van der Waals surface area (Å²) in [6.07, 6.45) is 0.128. The van der Waals surface area contributed by atoms with Crippen LogP contribution in [0.4, 0.5) is 0 Å². The molecule has 1 aliphatic rings. The molecular weight excluding hydrogens is 739 g/mol. The molecule has 1 heterocycles. The Bertz CT molecular complexity index is 1920. The van der Waals surface area contributed by atoms with Gasteiger partial charge in [-0.2, -0.15) is 0 Å². The van der Waals surface area contributed by atoms with Crippen molar-refractivity contribution >= 4 is 39.4 Å². The first kappa shape index (κ1) is 43.4. The number of rotatable bonds is 7. The Hall–Kier alpha value is -5.28. The topological polar surface area (TPSA) is 200 Å². The number of carbonyl (C=O) groups is 5. The van der Waals surface area contributed by atoms with Crippen LogP contribution in [0, 0.1) is 5.92 Å². The number of benzene rings is 3. The van der Waals surface area contributed by atoms with Gasteiger partial charge in [0.05, 0.1) is 28.7 Å². The fraction of sp³-hybridized carbons (Fsp3) is 0.439. The minimum atomic E-state index is -3.90. The van der Waals surface area contributed by atoms with E-state index in [1.165, 1.54) is 24.0 Å². The van der Waals surface area contributed by atoms with Crippen molar-refractivity contribution in [2.24, 2.45) is 5.92 Å². The van der Waals surface area contributed by atoms with Gasteiger partial charge in [-0.3, -0.25) is 24.0 Å². The number of sulfone groups is 1. The highest BCUT2D eigenvalue weighted by Crippen LogP contribution is 2.23. The maximum Gasteiger partial charge on any atom is 0.257 e. The van der Waals surface area contributed by atoms with Gasteiger partial charge in [0.15, 0.2) is 16.4 Å². The molecule has 56 heavy (non-hydrogen) atoms. The fourth-order valence-corrected chi connectivity index (χ4v) is 7.82.